The van der Waals surface area contributed by atoms with E-state index in [9.17, 15) is 32.4 Å². The van der Waals surface area contributed by atoms with Crippen LogP contribution in [0, 0.1) is 23.2 Å². The quantitative estimate of drug-likeness (QED) is 0.150. The first-order chi connectivity index (χ1) is 23.1. The Bertz CT molecular complexity index is 1370. The van der Waals surface area contributed by atoms with Gasteiger partial charge in [0.1, 0.15) is 12.1 Å². The lowest BCUT2D eigenvalue weighted by molar-refractivity contribution is -0.144. The molecule has 3 aliphatic carbocycles. The molecular weight excluding hydrogens is 648 g/mol. The Morgan fingerprint density at radius 1 is 1.00 bits per heavy atom. The summed E-state index contributed by atoms with van der Waals surface area (Å²) in [7, 11) is -1.97. The first kappa shape index (κ1) is 38.8. The third-order valence-electron chi connectivity index (χ3n) is 11.6. The van der Waals surface area contributed by atoms with E-state index in [4.69, 9.17) is 0 Å². The lowest BCUT2D eigenvalue weighted by Gasteiger charge is -2.41. The highest BCUT2D eigenvalue weighted by Gasteiger charge is 2.69. The number of carbonyl (C=O) groups is 5. The second-order valence-electron chi connectivity index (χ2n) is 15.4. The molecule has 0 aromatic carbocycles. The fourth-order valence-electron chi connectivity index (χ4n) is 8.58. The van der Waals surface area contributed by atoms with Gasteiger partial charge in [0.05, 0.1) is 17.8 Å². The van der Waals surface area contributed by atoms with Crippen LogP contribution in [-0.2, 0) is 29.2 Å². The van der Waals surface area contributed by atoms with E-state index >= 15 is 0 Å². The van der Waals surface area contributed by atoms with Crippen LogP contribution in [0.15, 0.2) is 12.7 Å². The molecule has 5 amide bonds. The van der Waals surface area contributed by atoms with Crippen molar-refractivity contribution in [1.82, 2.24) is 30.5 Å². The van der Waals surface area contributed by atoms with Crippen LogP contribution in [-0.4, -0.2) is 104 Å². The van der Waals surface area contributed by atoms with Gasteiger partial charge in [-0.1, -0.05) is 71.8 Å². The molecule has 13 nitrogen and oxygen atoms in total. The topological polar surface area (TPSA) is 174 Å². The van der Waals surface area contributed by atoms with Crippen LogP contribution in [0.4, 0.5) is 4.79 Å². The van der Waals surface area contributed by atoms with Crippen molar-refractivity contribution in [2.45, 2.75) is 121 Å². The average Bonchev–Trinajstić information content (AvgIpc) is 3.36. The average molecular weight is 707 g/mol. The summed E-state index contributed by atoms with van der Waals surface area (Å²) in [4.78, 5) is 69.6. The van der Waals surface area contributed by atoms with E-state index in [-0.39, 0.29) is 48.6 Å². The minimum Gasteiger partial charge on any atom is -0.346 e. The third-order valence-corrected chi connectivity index (χ3v) is 12.8. The van der Waals surface area contributed by atoms with E-state index < -0.39 is 57.3 Å². The predicted molar refractivity (Wildman–Crippen MR) is 187 cm³/mol. The zero-order valence-corrected chi connectivity index (χ0v) is 30.8. The maximum atomic E-state index is 14.6. The molecule has 3 saturated carbocycles. The summed E-state index contributed by atoms with van der Waals surface area (Å²) in [5.74, 6) is -2.48. The molecule has 1 saturated heterocycles. The number of urea groups is 1. The smallest absolute Gasteiger partial charge is 0.315 e. The highest BCUT2D eigenvalue weighted by atomic mass is 32.2. The van der Waals surface area contributed by atoms with E-state index in [0.717, 1.165) is 57.6 Å². The van der Waals surface area contributed by atoms with Gasteiger partial charge in [0, 0.05) is 26.7 Å². The van der Waals surface area contributed by atoms with E-state index in [1.54, 1.807) is 4.90 Å². The van der Waals surface area contributed by atoms with Crippen molar-refractivity contribution in [3.05, 3.63) is 12.7 Å². The van der Waals surface area contributed by atoms with Crippen molar-refractivity contribution in [3.63, 3.8) is 0 Å². The number of rotatable bonds is 15. The SMILES string of the molecule is C=CCNC(=O)C(=O)C(CCC)NC(=O)[C@@H]1[C@@H]2[C@H](CN1C(=O)[C@@H](NC(=O)NC1(CN(C)S(C)(=O)=O)CCCCC1)C1CCCCC1)C2(C)C. The number of amides is 5. The van der Waals surface area contributed by atoms with Gasteiger partial charge in [-0.05, 0) is 55.3 Å². The molecule has 1 heterocycles. The van der Waals surface area contributed by atoms with Crippen LogP contribution >= 0.6 is 0 Å². The molecule has 4 aliphatic rings. The Labute approximate surface area is 292 Å². The number of sulfonamides is 1. The number of hydrogen-bond acceptors (Lipinski definition) is 7. The number of hydrogen-bond donors (Lipinski definition) is 4. The zero-order chi connectivity index (χ0) is 36.1. The first-order valence-electron chi connectivity index (χ1n) is 18.1. The zero-order valence-electron chi connectivity index (χ0n) is 30.0. The van der Waals surface area contributed by atoms with Gasteiger partial charge in [-0.15, -0.1) is 6.58 Å². The van der Waals surface area contributed by atoms with Crippen molar-refractivity contribution in [3.8, 4) is 0 Å². The standard InChI is InChI=1S/C35H58N6O7S/c1-7-15-25(29(42)31(44)36-20-8-2)37-30(43)28-26-24(34(26,3)4)21-41(28)32(45)27(23-16-11-9-12-17-23)38-33(46)39-35(18-13-10-14-19-35)22-40(5)49(6,47)48/h8,23-28H,2,7,9-22H2,1,3-6H3,(H,36,44)(H,37,43)(H2,38,39,46)/t24-,25?,26-,27-,28-/m0/s1. The number of ketones is 1. The number of likely N-dealkylation sites (N-methyl/N-ethyl adjacent to an activating group) is 1. The van der Waals surface area contributed by atoms with Crippen LogP contribution in [0.2, 0.25) is 0 Å². The summed E-state index contributed by atoms with van der Waals surface area (Å²) in [6.45, 7) is 10.2. The van der Waals surface area contributed by atoms with E-state index in [2.05, 4.69) is 41.7 Å². The summed E-state index contributed by atoms with van der Waals surface area (Å²) >= 11 is 0. The van der Waals surface area contributed by atoms with Crippen molar-refractivity contribution >= 4 is 39.6 Å². The number of likely N-dealkylation sites (tertiary alicyclic amines) is 1. The van der Waals surface area contributed by atoms with Crippen molar-refractivity contribution < 1.29 is 32.4 Å². The van der Waals surface area contributed by atoms with Crippen LogP contribution in [0.5, 0.6) is 0 Å². The molecule has 14 heteroatoms. The number of Topliss-reactive ketones (excluding diaryl/α,β-unsaturated/α-hetero) is 1. The maximum Gasteiger partial charge on any atom is 0.315 e. The highest BCUT2D eigenvalue weighted by Crippen LogP contribution is 2.65. The van der Waals surface area contributed by atoms with Gasteiger partial charge in [0.15, 0.2) is 0 Å². The summed E-state index contributed by atoms with van der Waals surface area (Å²) in [6.07, 6.45) is 11.8. The number of nitrogens with zero attached hydrogens (tertiary/aromatic N) is 2. The maximum absolute atomic E-state index is 14.6. The molecule has 5 atom stereocenters. The molecule has 4 fully saturated rings. The van der Waals surface area contributed by atoms with Gasteiger partial charge in [-0.3, -0.25) is 19.2 Å². The summed E-state index contributed by atoms with van der Waals surface area (Å²) in [5, 5.41) is 11.4. The summed E-state index contributed by atoms with van der Waals surface area (Å²) < 4.78 is 25.9. The molecule has 0 aromatic heterocycles. The Hall–Kier alpha value is -3.00. The van der Waals surface area contributed by atoms with Gasteiger partial charge in [0.25, 0.3) is 5.91 Å². The monoisotopic (exact) mass is 706 g/mol. The molecule has 0 aromatic rings. The fourth-order valence-corrected chi connectivity index (χ4v) is 9.06. The van der Waals surface area contributed by atoms with E-state index in [0.29, 0.717) is 25.8 Å². The molecule has 49 heavy (non-hydrogen) atoms. The highest BCUT2D eigenvalue weighted by molar-refractivity contribution is 7.88. The number of piperidine rings is 1. The Kier molecular flexibility index (Phi) is 12.6. The van der Waals surface area contributed by atoms with Crippen molar-refractivity contribution in [2.24, 2.45) is 23.2 Å². The Morgan fingerprint density at radius 3 is 2.22 bits per heavy atom. The van der Waals surface area contributed by atoms with E-state index in [1.165, 1.54) is 17.4 Å². The normalized spacial score (nSPS) is 25.8. The van der Waals surface area contributed by atoms with Gasteiger partial charge in [-0.2, -0.15) is 0 Å². The van der Waals surface area contributed by atoms with Gasteiger partial charge >= 0.3 is 6.03 Å². The minimum absolute atomic E-state index is 0.0845. The third kappa shape index (κ3) is 9.03. The largest absolute Gasteiger partial charge is 0.346 e. The van der Waals surface area contributed by atoms with Gasteiger partial charge in [-0.25, -0.2) is 17.5 Å². The molecule has 0 bridgehead atoms. The number of nitrogens with one attached hydrogen (secondary N) is 4. The molecular formula is C35H58N6O7S. The van der Waals surface area contributed by atoms with Crippen LogP contribution < -0.4 is 21.3 Å². The van der Waals surface area contributed by atoms with Crippen LogP contribution in [0.25, 0.3) is 0 Å². The molecule has 4 N–H and O–H groups in total. The van der Waals surface area contributed by atoms with Crippen LogP contribution in [0.3, 0.4) is 0 Å². The van der Waals surface area contributed by atoms with Crippen molar-refractivity contribution in [1.29, 1.82) is 0 Å². The Morgan fingerprint density at radius 2 is 1.63 bits per heavy atom. The molecule has 276 valence electrons. The van der Waals surface area contributed by atoms with Crippen LogP contribution in [0.1, 0.15) is 97.8 Å². The van der Waals surface area contributed by atoms with Crippen molar-refractivity contribution in [2.75, 3.05) is 32.9 Å². The van der Waals surface area contributed by atoms with E-state index in [1.807, 2.05) is 6.92 Å². The second-order valence-corrected chi connectivity index (χ2v) is 17.5. The lowest BCUT2D eigenvalue weighted by Crippen LogP contribution is -2.63. The summed E-state index contributed by atoms with van der Waals surface area (Å²) in [5.41, 5.74) is -0.949. The van der Waals surface area contributed by atoms with Gasteiger partial charge in [0.2, 0.25) is 27.6 Å². The first-order valence-corrected chi connectivity index (χ1v) is 19.9. The molecule has 1 aliphatic heterocycles. The number of fused-ring (bicyclic) bond motifs is 1. The lowest BCUT2D eigenvalue weighted by atomic mass is 9.81. The summed E-state index contributed by atoms with van der Waals surface area (Å²) in [6, 6.07) is -3.27. The Balaban J connectivity index is 1.56. The molecule has 1 unspecified atom stereocenters. The second kappa shape index (κ2) is 15.9. The molecule has 0 radical (unpaired) electrons. The fraction of sp³-hybridized carbons (Fsp3) is 0.800. The number of carbonyl (C=O) groups excluding carboxylic acids is 5. The minimum atomic E-state index is -3.48. The molecule has 4 rings (SSSR count). The molecule has 0 spiro atoms. The van der Waals surface area contributed by atoms with Gasteiger partial charge < -0.3 is 26.2 Å². The predicted octanol–water partition coefficient (Wildman–Crippen LogP) is 2.47.